The number of hydrogen-bond donors (Lipinski definition) is 2. The fourth-order valence-electron chi connectivity index (χ4n) is 1.80. The highest BCUT2D eigenvalue weighted by Crippen LogP contribution is 2.16. The minimum atomic E-state index is -0.250. The molecule has 0 bridgehead atoms. The molecule has 0 aromatic heterocycles. The molecule has 0 saturated carbocycles. The van der Waals surface area contributed by atoms with Crippen molar-refractivity contribution in [3.05, 3.63) is 59.7 Å². The highest BCUT2D eigenvalue weighted by atomic mass is 16.5. The molecule has 0 fully saturated rings. The predicted molar refractivity (Wildman–Crippen MR) is 85.1 cm³/mol. The van der Waals surface area contributed by atoms with Crippen LogP contribution in [0.5, 0.6) is 11.5 Å². The van der Waals surface area contributed by atoms with Crippen LogP contribution in [-0.4, -0.2) is 23.8 Å². The predicted octanol–water partition coefficient (Wildman–Crippen LogP) is 2.62. The van der Waals surface area contributed by atoms with E-state index in [-0.39, 0.29) is 24.7 Å². The molecule has 22 heavy (non-hydrogen) atoms. The highest BCUT2D eigenvalue weighted by molar-refractivity contribution is 5.84. The largest absolute Gasteiger partial charge is 0.507 e. The molecular formula is C17H18N2O3. The summed E-state index contributed by atoms with van der Waals surface area (Å²) in [5, 5.41) is 13.4. The van der Waals surface area contributed by atoms with Crippen molar-refractivity contribution in [1.82, 2.24) is 5.43 Å². The third kappa shape index (κ3) is 4.63. The number of para-hydroxylation sites is 2. The quantitative estimate of drug-likeness (QED) is 0.636. The Morgan fingerprint density at radius 1 is 1.23 bits per heavy atom. The molecule has 114 valence electrons. The number of amides is 1. The van der Waals surface area contributed by atoms with Crippen LogP contribution in [0.3, 0.4) is 0 Å². The number of benzene rings is 2. The lowest BCUT2D eigenvalue weighted by Gasteiger charge is -2.07. The van der Waals surface area contributed by atoms with Crippen molar-refractivity contribution in [2.75, 3.05) is 6.61 Å². The van der Waals surface area contributed by atoms with Crippen LogP contribution in [0.4, 0.5) is 0 Å². The van der Waals surface area contributed by atoms with Gasteiger partial charge in [0.1, 0.15) is 11.5 Å². The molecule has 0 aliphatic rings. The molecule has 2 N–H and O–H groups in total. The Hall–Kier alpha value is -2.82. The van der Waals surface area contributed by atoms with Crippen LogP contribution in [0, 0.1) is 6.92 Å². The van der Waals surface area contributed by atoms with Crippen LogP contribution in [0.2, 0.25) is 0 Å². The molecule has 5 nitrogen and oxygen atoms in total. The average molecular weight is 298 g/mol. The third-order valence-corrected chi connectivity index (χ3v) is 3.01. The van der Waals surface area contributed by atoms with E-state index in [4.69, 9.17) is 4.74 Å². The molecule has 0 saturated heterocycles. The minimum Gasteiger partial charge on any atom is -0.507 e. The molecule has 5 heteroatoms. The lowest BCUT2D eigenvalue weighted by atomic mass is 10.2. The Balaban J connectivity index is 1.75. The summed E-state index contributed by atoms with van der Waals surface area (Å²) in [4.78, 5) is 11.6. The SMILES string of the molecule is Cc1ccccc1OCCC(=O)N/N=C/c1ccccc1O. The molecule has 0 atom stereocenters. The number of hydrazone groups is 1. The van der Waals surface area contributed by atoms with Crippen molar-refractivity contribution < 1.29 is 14.6 Å². The van der Waals surface area contributed by atoms with Crippen molar-refractivity contribution in [1.29, 1.82) is 0 Å². The summed E-state index contributed by atoms with van der Waals surface area (Å²) >= 11 is 0. The van der Waals surface area contributed by atoms with Gasteiger partial charge in [-0.15, -0.1) is 0 Å². The van der Waals surface area contributed by atoms with Gasteiger partial charge in [-0.05, 0) is 30.7 Å². The van der Waals surface area contributed by atoms with E-state index >= 15 is 0 Å². The molecule has 0 aliphatic heterocycles. The summed E-state index contributed by atoms with van der Waals surface area (Å²) in [5.41, 5.74) is 3.97. The fourth-order valence-corrected chi connectivity index (χ4v) is 1.80. The molecule has 0 unspecified atom stereocenters. The van der Waals surface area contributed by atoms with Crippen LogP contribution in [0.25, 0.3) is 0 Å². The van der Waals surface area contributed by atoms with Crippen molar-refractivity contribution in [2.24, 2.45) is 5.10 Å². The summed E-state index contributed by atoms with van der Waals surface area (Å²) in [7, 11) is 0. The van der Waals surface area contributed by atoms with E-state index in [9.17, 15) is 9.90 Å². The number of phenols is 1. The van der Waals surface area contributed by atoms with Crippen LogP contribution in [0.15, 0.2) is 53.6 Å². The first-order valence-electron chi connectivity index (χ1n) is 6.95. The van der Waals surface area contributed by atoms with Gasteiger partial charge in [0, 0.05) is 5.56 Å². The molecule has 0 radical (unpaired) electrons. The van der Waals surface area contributed by atoms with E-state index < -0.39 is 0 Å². The maximum absolute atomic E-state index is 11.6. The fraction of sp³-hybridized carbons (Fsp3) is 0.176. The Morgan fingerprint density at radius 3 is 2.73 bits per heavy atom. The zero-order valence-electron chi connectivity index (χ0n) is 12.3. The Kier molecular flexibility index (Phi) is 5.54. The zero-order chi connectivity index (χ0) is 15.8. The van der Waals surface area contributed by atoms with Gasteiger partial charge in [-0.2, -0.15) is 5.10 Å². The summed E-state index contributed by atoms with van der Waals surface area (Å²) < 4.78 is 5.54. The van der Waals surface area contributed by atoms with Crippen LogP contribution in [0.1, 0.15) is 17.5 Å². The normalized spacial score (nSPS) is 10.6. The van der Waals surface area contributed by atoms with Gasteiger partial charge >= 0.3 is 0 Å². The Morgan fingerprint density at radius 2 is 1.95 bits per heavy atom. The van der Waals surface area contributed by atoms with E-state index in [0.717, 1.165) is 11.3 Å². The van der Waals surface area contributed by atoms with E-state index in [1.54, 1.807) is 24.3 Å². The first-order valence-corrected chi connectivity index (χ1v) is 6.95. The zero-order valence-corrected chi connectivity index (χ0v) is 12.3. The molecule has 0 aliphatic carbocycles. The van der Waals surface area contributed by atoms with E-state index in [2.05, 4.69) is 10.5 Å². The topological polar surface area (TPSA) is 70.9 Å². The lowest BCUT2D eigenvalue weighted by Crippen LogP contribution is -2.20. The molecule has 2 rings (SSSR count). The summed E-state index contributed by atoms with van der Waals surface area (Å²) in [5.74, 6) is 0.636. The van der Waals surface area contributed by atoms with Gasteiger partial charge in [0.15, 0.2) is 0 Å². The maximum atomic E-state index is 11.6. The van der Waals surface area contributed by atoms with Crippen LogP contribution in [-0.2, 0) is 4.79 Å². The second-order valence-corrected chi connectivity index (χ2v) is 4.72. The standard InChI is InChI=1S/C17H18N2O3/c1-13-6-2-5-9-16(13)22-11-10-17(21)19-18-12-14-7-3-4-8-15(14)20/h2-9,12,20H,10-11H2,1H3,(H,19,21)/b18-12+. The van der Waals surface area contributed by atoms with Gasteiger partial charge < -0.3 is 9.84 Å². The number of nitrogens with zero attached hydrogens (tertiary/aromatic N) is 1. The smallest absolute Gasteiger partial charge is 0.243 e. The molecule has 1 amide bonds. The lowest BCUT2D eigenvalue weighted by molar-refractivity contribution is -0.121. The van der Waals surface area contributed by atoms with Gasteiger partial charge in [-0.1, -0.05) is 30.3 Å². The number of rotatable bonds is 6. The number of carbonyl (C=O) groups excluding carboxylic acids is 1. The van der Waals surface area contributed by atoms with Gasteiger partial charge in [-0.3, -0.25) is 4.79 Å². The monoisotopic (exact) mass is 298 g/mol. The van der Waals surface area contributed by atoms with Gasteiger partial charge in [0.2, 0.25) is 5.91 Å². The second kappa shape index (κ2) is 7.83. The van der Waals surface area contributed by atoms with E-state index in [1.807, 2.05) is 31.2 Å². The second-order valence-electron chi connectivity index (χ2n) is 4.72. The number of ether oxygens (including phenoxy) is 1. The number of hydrogen-bond acceptors (Lipinski definition) is 4. The summed E-state index contributed by atoms with van der Waals surface area (Å²) in [6.45, 7) is 2.23. The van der Waals surface area contributed by atoms with Crippen molar-refractivity contribution in [3.63, 3.8) is 0 Å². The van der Waals surface area contributed by atoms with Crippen LogP contribution < -0.4 is 10.2 Å². The minimum absolute atomic E-state index is 0.114. The Labute approximate surface area is 129 Å². The molecule has 2 aromatic rings. The average Bonchev–Trinajstić information content (AvgIpc) is 2.51. The van der Waals surface area contributed by atoms with Gasteiger partial charge in [0.05, 0.1) is 19.2 Å². The van der Waals surface area contributed by atoms with Crippen molar-refractivity contribution in [2.45, 2.75) is 13.3 Å². The van der Waals surface area contributed by atoms with Gasteiger partial charge in [0.25, 0.3) is 0 Å². The third-order valence-electron chi connectivity index (χ3n) is 3.01. The van der Waals surface area contributed by atoms with Crippen molar-refractivity contribution in [3.8, 4) is 11.5 Å². The maximum Gasteiger partial charge on any atom is 0.243 e. The highest BCUT2D eigenvalue weighted by Gasteiger charge is 2.02. The molecular weight excluding hydrogens is 280 g/mol. The molecule has 0 spiro atoms. The van der Waals surface area contributed by atoms with Gasteiger partial charge in [-0.25, -0.2) is 5.43 Å². The first-order chi connectivity index (χ1) is 10.7. The van der Waals surface area contributed by atoms with Crippen LogP contribution >= 0.6 is 0 Å². The molecule has 2 aromatic carbocycles. The van der Waals surface area contributed by atoms with E-state index in [0.29, 0.717) is 5.56 Å². The summed E-state index contributed by atoms with van der Waals surface area (Å²) in [6.07, 6.45) is 1.60. The van der Waals surface area contributed by atoms with Crippen molar-refractivity contribution >= 4 is 12.1 Å². The number of carbonyl (C=O) groups is 1. The Bertz CT molecular complexity index is 668. The number of aromatic hydroxyl groups is 1. The number of nitrogens with one attached hydrogen (secondary N) is 1. The first kappa shape index (κ1) is 15.6. The number of phenolic OH excluding ortho intramolecular Hbond substituents is 1. The summed E-state index contributed by atoms with van der Waals surface area (Å²) in [6, 6.07) is 14.4. The van der Waals surface area contributed by atoms with E-state index in [1.165, 1.54) is 6.21 Å². The molecule has 0 heterocycles. The number of aryl methyl sites for hydroxylation is 1.